The van der Waals surface area contributed by atoms with E-state index in [0.717, 1.165) is 22.6 Å². The Kier molecular flexibility index (Phi) is 6.16. The molecule has 0 N–H and O–H groups in total. The molecule has 0 heterocycles. The largest absolute Gasteiger partial charge is 0.497 e. The molecule has 0 atom stereocenters. The zero-order valence-corrected chi connectivity index (χ0v) is 15.7. The van der Waals surface area contributed by atoms with Gasteiger partial charge in [0.1, 0.15) is 18.1 Å². The fourth-order valence-corrected chi connectivity index (χ4v) is 2.78. The van der Waals surface area contributed by atoms with Crippen LogP contribution in [0.3, 0.4) is 0 Å². The highest BCUT2D eigenvalue weighted by molar-refractivity contribution is 6.32. The maximum absolute atomic E-state index is 6.32. The van der Waals surface area contributed by atoms with E-state index in [9.17, 15) is 0 Å². The normalized spacial score (nSPS) is 10.9. The number of hydrogen-bond donors (Lipinski definition) is 0. The van der Waals surface area contributed by atoms with Crippen LogP contribution >= 0.6 is 23.2 Å². The number of hydrogen-bond acceptors (Lipinski definition) is 3. The number of benzene rings is 3. The molecule has 0 saturated heterocycles. The predicted octanol–water partition coefficient (Wildman–Crippen LogP) is 6.33. The van der Waals surface area contributed by atoms with Crippen LogP contribution in [0.5, 0.6) is 11.5 Å². The van der Waals surface area contributed by atoms with Gasteiger partial charge < -0.3 is 9.47 Å². The van der Waals surface area contributed by atoms with Gasteiger partial charge in [-0.05, 0) is 65.7 Å². The smallest absolute Gasteiger partial charge is 0.138 e. The lowest BCUT2D eigenvalue weighted by atomic mass is 10.2. The summed E-state index contributed by atoms with van der Waals surface area (Å²) < 4.78 is 10.9. The molecule has 0 amide bonds. The molecule has 26 heavy (non-hydrogen) atoms. The SMILES string of the molecule is COc1ccc(N=Cc2ccc(OCc3cccc(Cl)c3)c(Cl)c2)cc1. The van der Waals surface area contributed by atoms with Crippen molar-refractivity contribution in [3.8, 4) is 11.5 Å². The van der Waals surface area contributed by atoms with E-state index in [1.165, 1.54) is 0 Å². The lowest BCUT2D eigenvalue weighted by Gasteiger charge is -2.09. The molecule has 3 nitrogen and oxygen atoms in total. The fraction of sp³-hybridized carbons (Fsp3) is 0.0952. The highest BCUT2D eigenvalue weighted by Gasteiger charge is 2.04. The Balaban J connectivity index is 1.65. The van der Waals surface area contributed by atoms with E-state index in [1.807, 2.05) is 66.7 Å². The first kappa shape index (κ1) is 18.3. The van der Waals surface area contributed by atoms with Crippen LogP contribution in [0.1, 0.15) is 11.1 Å². The lowest BCUT2D eigenvalue weighted by molar-refractivity contribution is 0.306. The van der Waals surface area contributed by atoms with E-state index < -0.39 is 0 Å². The molecule has 3 aromatic rings. The number of ether oxygens (including phenoxy) is 2. The van der Waals surface area contributed by atoms with E-state index in [1.54, 1.807) is 13.3 Å². The molecule has 0 unspecified atom stereocenters. The van der Waals surface area contributed by atoms with Gasteiger partial charge in [-0.1, -0.05) is 35.3 Å². The molecular formula is C21H17Cl2NO2. The first-order valence-electron chi connectivity index (χ1n) is 7.99. The van der Waals surface area contributed by atoms with E-state index in [0.29, 0.717) is 22.4 Å². The van der Waals surface area contributed by atoms with Crippen molar-refractivity contribution in [3.05, 3.63) is 87.9 Å². The zero-order valence-electron chi connectivity index (χ0n) is 14.2. The Morgan fingerprint density at radius 1 is 0.962 bits per heavy atom. The van der Waals surface area contributed by atoms with Gasteiger partial charge in [0, 0.05) is 11.2 Å². The molecule has 5 heteroatoms. The second kappa shape index (κ2) is 8.75. The van der Waals surface area contributed by atoms with Gasteiger partial charge in [-0.3, -0.25) is 4.99 Å². The predicted molar refractivity (Wildman–Crippen MR) is 107 cm³/mol. The lowest BCUT2D eigenvalue weighted by Crippen LogP contribution is -1.96. The Morgan fingerprint density at radius 3 is 2.46 bits per heavy atom. The monoisotopic (exact) mass is 385 g/mol. The third-order valence-electron chi connectivity index (χ3n) is 3.67. The summed E-state index contributed by atoms with van der Waals surface area (Å²) in [7, 11) is 1.64. The third kappa shape index (κ3) is 5.01. The maximum Gasteiger partial charge on any atom is 0.138 e. The summed E-state index contributed by atoms with van der Waals surface area (Å²) in [5, 5.41) is 1.22. The number of rotatable bonds is 6. The van der Waals surface area contributed by atoms with Crippen molar-refractivity contribution in [2.75, 3.05) is 7.11 Å². The molecule has 0 aliphatic heterocycles. The zero-order chi connectivity index (χ0) is 18.4. The Bertz CT molecular complexity index is 908. The molecule has 132 valence electrons. The van der Waals surface area contributed by atoms with Crippen LogP contribution in [0, 0.1) is 0 Å². The first-order chi connectivity index (χ1) is 12.6. The molecule has 0 aliphatic carbocycles. The minimum Gasteiger partial charge on any atom is -0.497 e. The van der Waals surface area contributed by atoms with Crippen molar-refractivity contribution < 1.29 is 9.47 Å². The van der Waals surface area contributed by atoms with Gasteiger partial charge in [0.25, 0.3) is 0 Å². The molecule has 0 aliphatic rings. The summed E-state index contributed by atoms with van der Waals surface area (Å²) in [6, 6.07) is 20.6. The number of methoxy groups -OCH3 is 1. The quantitative estimate of drug-likeness (QED) is 0.464. The topological polar surface area (TPSA) is 30.8 Å². The van der Waals surface area contributed by atoms with Crippen LogP contribution < -0.4 is 9.47 Å². The Hall–Kier alpha value is -2.49. The summed E-state index contributed by atoms with van der Waals surface area (Å²) in [4.78, 5) is 4.43. The minimum absolute atomic E-state index is 0.402. The highest BCUT2D eigenvalue weighted by atomic mass is 35.5. The van der Waals surface area contributed by atoms with Crippen LogP contribution in [-0.2, 0) is 6.61 Å². The van der Waals surface area contributed by atoms with Gasteiger partial charge in [0.2, 0.25) is 0 Å². The van der Waals surface area contributed by atoms with E-state index >= 15 is 0 Å². The second-order valence-corrected chi connectivity index (χ2v) is 6.41. The summed E-state index contributed by atoms with van der Waals surface area (Å²) >= 11 is 12.3. The van der Waals surface area contributed by atoms with Gasteiger partial charge in [0.05, 0.1) is 17.8 Å². The summed E-state index contributed by atoms with van der Waals surface area (Å²) in [6.07, 6.45) is 1.76. The molecule has 3 aromatic carbocycles. The van der Waals surface area contributed by atoms with Crippen LogP contribution in [0.15, 0.2) is 71.7 Å². The summed E-state index contributed by atoms with van der Waals surface area (Å²) in [5.74, 6) is 1.42. The van der Waals surface area contributed by atoms with Crippen molar-refractivity contribution in [2.24, 2.45) is 4.99 Å². The van der Waals surface area contributed by atoms with Gasteiger partial charge in [-0.2, -0.15) is 0 Å². The van der Waals surface area contributed by atoms with E-state index in [-0.39, 0.29) is 0 Å². The van der Waals surface area contributed by atoms with Crippen molar-refractivity contribution in [1.82, 2.24) is 0 Å². The molecule has 0 saturated carbocycles. The van der Waals surface area contributed by atoms with E-state index in [4.69, 9.17) is 32.7 Å². The second-order valence-electron chi connectivity index (χ2n) is 5.56. The van der Waals surface area contributed by atoms with Gasteiger partial charge >= 0.3 is 0 Å². The molecule has 0 fully saturated rings. The van der Waals surface area contributed by atoms with Crippen molar-refractivity contribution in [3.63, 3.8) is 0 Å². The fourth-order valence-electron chi connectivity index (χ4n) is 2.32. The Labute approximate surface area is 162 Å². The van der Waals surface area contributed by atoms with Crippen LogP contribution in [0.2, 0.25) is 10.0 Å². The number of nitrogens with zero attached hydrogens (tertiary/aromatic N) is 1. The molecule has 0 bridgehead atoms. The number of aliphatic imine (C=N–C) groups is 1. The third-order valence-corrected chi connectivity index (χ3v) is 4.20. The van der Waals surface area contributed by atoms with Gasteiger partial charge in [-0.25, -0.2) is 0 Å². The van der Waals surface area contributed by atoms with Gasteiger partial charge in [-0.15, -0.1) is 0 Å². The highest BCUT2D eigenvalue weighted by Crippen LogP contribution is 2.26. The average molecular weight is 386 g/mol. The maximum atomic E-state index is 6.32. The molecule has 0 spiro atoms. The van der Waals surface area contributed by atoms with Crippen LogP contribution in [0.4, 0.5) is 5.69 Å². The minimum atomic E-state index is 0.402. The molecular weight excluding hydrogens is 369 g/mol. The summed E-state index contributed by atoms with van der Waals surface area (Å²) in [6.45, 7) is 0.402. The molecule has 3 rings (SSSR count). The standard InChI is InChI=1S/C21H17Cl2NO2/c1-25-19-8-6-18(7-9-19)24-13-15-5-10-21(20(23)12-15)26-14-16-3-2-4-17(22)11-16/h2-13H,14H2,1H3. The molecule has 0 radical (unpaired) electrons. The van der Waals surface area contributed by atoms with Gasteiger partial charge in [0.15, 0.2) is 0 Å². The first-order valence-corrected chi connectivity index (χ1v) is 8.74. The summed E-state index contributed by atoms with van der Waals surface area (Å²) in [5.41, 5.74) is 2.71. The van der Waals surface area contributed by atoms with Crippen LogP contribution in [0.25, 0.3) is 0 Å². The number of halogens is 2. The van der Waals surface area contributed by atoms with Crippen molar-refractivity contribution in [2.45, 2.75) is 6.61 Å². The van der Waals surface area contributed by atoms with Crippen LogP contribution in [-0.4, -0.2) is 13.3 Å². The van der Waals surface area contributed by atoms with Crippen molar-refractivity contribution >= 4 is 35.1 Å². The Morgan fingerprint density at radius 2 is 1.77 bits per heavy atom. The van der Waals surface area contributed by atoms with E-state index in [2.05, 4.69) is 4.99 Å². The average Bonchev–Trinajstić information content (AvgIpc) is 2.66. The molecule has 0 aromatic heterocycles. The van der Waals surface area contributed by atoms with Crippen molar-refractivity contribution in [1.29, 1.82) is 0 Å².